The van der Waals surface area contributed by atoms with Crippen molar-refractivity contribution in [2.45, 2.75) is 26.4 Å². The summed E-state index contributed by atoms with van der Waals surface area (Å²) >= 11 is 0. The molecule has 1 aliphatic rings. The van der Waals surface area contributed by atoms with Crippen LogP contribution in [-0.4, -0.2) is 45.8 Å². The topological polar surface area (TPSA) is 46.0 Å². The largest absolute Gasteiger partial charge is 0.314 e. The van der Waals surface area contributed by atoms with Crippen molar-refractivity contribution in [3.05, 3.63) is 12.2 Å². The molecule has 0 radical (unpaired) electrons. The number of rotatable bonds is 4. The van der Waals surface area contributed by atoms with Crippen LogP contribution in [0.5, 0.6) is 0 Å². The molecule has 1 aromatic rings. The van der Waals surface area contributed by atoms with Gasteiger partial charge in [0.05, 0.1) is 6.54 Å². The maximum Gasteiger partial charge on any atom is 0.141 e. The highest BCUT2D eigenvalue weighted by molar-refractivity contribution is 4.85. The van der Waals surface area contributed by atoms with Gasteiger partial charge >= 0.3 is 0 Å². The fourth-order valence-electron chi connectivity index (χ4n) is 1.88. The molecule has 0 bridgehead atoms. The van der Waals surface area contributed by atoms with Crippen molar-refractivity contribution in [2.75, 3.05) is 26.2 Å². The van der Waals surface area contributed by atoms with E-state index < -0.39 is 0 Å². The van der Waals surface area contributed by atoms with E-state index in [0.717, 1.165) is 51.5 Å². The number of aryl methyl sites for hydroxylation is 1. The SMILES string of the molecule is CCCn1ncnc1CN1CCNCC1. The minimum Gasteiger partial charge on any atom is -0.314 e. The predicted molar refractivity (Wildman–Crippen MR) is 58.5 cm³/mol. The van der Waals surface area contributed by atoms with E-state index in [0.29, 0.717) is 0 Å². The van der Waals surface area contributed by atoms with Crippen LogP contribution in [0, 0.1) is 0 Å². The summed E-state index contributed by atoms with van der Waals surface area (Å²) in [7, 11) is 0. The number of hydrogen-bond acceptors (Lipinski definition) is 4. The number of nitrogens with zero attached hydrogens (tertiary/aromatic N) is 4. The van der Waals surface area contributed by atoms with Gasteiger partial charge in [0.15, 0.2) is 0 Å². The minimum atomic E-state index is 0.932. The van der Waals surface area contributed by atoms with Crippen LogP contribution in [0.15, 0.2) is 6.33 Å². The van der Waals surface area contributed by atoms with Gasteiger partial charge in [-0.05, 0) is 6.42 Å². The molecule has 2 heterocycles. The lowest BCUT2D eigenvalue weighted by atomic mass is 10.3. The third-order valence-corrected chi connectivity index (χ3v) is 2.71. The predicted octanol–water partition coefficient (Wildman–Crippen LogP) is 0.0933. The van der Waals surface area contributed by atoms with Crippen LogP contribution in [0.3, 0.4) is 0 Å². The first kappa shape index (κ1) is 10.6. The van der Waals surface area contributed by atoms with Crippen molar-refractivity contribution >= 4 is 0 Å². The highest BCUT2D eigenvalue weighted by Gasteiger charge is 2.12. The molecule has 0 aromatic carbocycles. The van der Waals surface area contributed by atoms with E-state index in [9.17, 15) is 0 Å². The van der Waals surface area contributed by atoms with Crippen molar-refractivity contribution in [2.24, 2.45) is 0 Å². The van der Waals surface area contributed by atoms with Gasteiger partial charge in [-0.2, -0.15) is 5.10 Å². The molecule has 5 heteroatoms. The zero-order valence-corrected chi connectivity index (χ0v) is 9.32. The first-order valence-corrected chi connectivity index (χ1v) is 5.70. The average molecular weight is 209 g/mol. The van der Waals surface area contributed by atoms with E-state index in [2.05, 4.69) is 27.2 Å². The van der Waals surface area contributed by atoms with Crippen molar-refractivity contribution in [3.8, 4) is 0 Å². The molecule has 15 heavy (non-hydrogen) atoms. The summed E-state index contributed by atoms with van der Waals surface area (Å²) in [5.74, 6) is 1.10. The highest BCUT2D eigenvalue weighted by atomic mass is 15.3. The Kier molecular flexibility index (Phi) is 3.69. The smallest absolute Gasteiger partial charge is 0.141 e. The summed E-state index contributed by atoms with van der Waals surface area (Å²) in [5, 5.41) is 7.58. The standard InChI is InChI=1S/C10H19N5/c1-2-5-15-10(12-9-13-15)8-14-6-3-11-4-7-14/h9,11H,2-8H2,1H3. The van der Waals surface area contributed by atoms with Gasteiger partial charge in [-0.1, -0.05) is 6.92 Å². The van der Waals surface area contributed by atoms with Crippen LogP contribution in [-0.2, 0) is 13.1 Å². The molecule has 0 atom stereocenters. The number of hydrogen-bond donors (Lipinski definition) is 1. The summed E-state index contributed by atoms with van der Waals surface area (Å²) in [6.07, 6.45) is 2.77. The zero-order valence-electron chi connectivity index (χ0n) is 9.32. The third-order valence-electron chi connectivity index (χ3n) is 2.71. The van der Waals surface area contributed by atoms with Crippen LogP contribution in [0.25, 0.3) is 0 Å². The van der Waals surface area contributed by atoms with Gasteiger partial charge in [-0.25, -0.2) is 9.67 Å². The van der Waals surface area contributed by atoms with E-state index in [-0.39, 0.29) is 0 Å². The van der Waals surface area contributed by atoms with Crippen LogP contribution in [0.2, 0.25) is 0 Å². The quantitative estimate of drug-likeness (QED) is 0.763. The maximum atomic E-state index is 4.32. The van der Waals surface area contributed by atoms with E-state index in [1.807, 2.05) is 4.68 Å². The lowest BCUT2D eigenvalue weighted by Gasteiger charge is -2.26. The normalized spacial score (nSPS) is 18.2. The summed E-state index contributed by atoms with van der Waals surface area (Å²) in [6, 6.07) is 0. The minimum absolute atomic E-state index is 0.932. The molecule has 1 N–H and O–H groups in total. The molecule has 0 saturated carbocycles. The zero-order chi connectivity index (χ0) is 10.5. The monoisotopic (exact) mass is 209 g/mol. The van der Waals surface area contributed by atoms with Gasteiger partial charge in [0, 0.05) is 32.7 Å². The molecule has 1 saturated heterocycles. The van der Waals surface area contributed by atoms with Crippen LogP contribution in [0.1, 0.15) is 19.2 Å². The third kappa shape index (κ3) is 2.76. The van der Waals surface area contributed by atoms with Crippen LogP contribution < -0.4 is 5.32 Å². The van der Waals surface area contributed by atoms with Gasteiger partial charge in [-0.15, -0.1) is 0 Å². The molecule has 0 spiro atoms. The second-order valence-corrected chi connectivity index (χ2v) is 3.93. The summed E-state index contributed by atoms with van der Waals surface area (Å²) in [6.45, 7) is 8.46. The Morgan fingerprint density at radius 2 is 2.20 bits per heavy atom. The van der Waals surface area contributed by atoms with Crippen LogP contribution in [0.4, 0.5) is 0 Å². The van der Waals surface area contributed by atoms with Gasteiger partial charge in [0.25, 0.3) is 0 Å². The fraction of sp³-hybridized carbons (Fsp3) is 0.800. The maximum absolute atomic E-state index is 4.32. The van der Waals surface area contributed by atoms with Gasteiger partial charge < -0.3 is 5.32 Å². The molecule has 0 amide bonds. The van der Waals surface area contributed by atoms with Gasteiger partial charge in [0.1, 0.15) is 12.2 Å². The Hall–Kier alpha value is -0.940. The summed E-state index contributed by atoms with van der Waals surface area (Å²) in [4.78, 5) is 6.74. The van der Waals surface area contributed by atoms with Gasteiger partial charge in [-0.3, -0.25) is 4.90 Å². The lowest BCUT2D eigenvalue weighted by Crippen LogP contribution is -2.43. The Morgan fingerprint density at radius 1 is 1.40 bits per heavy atom. The lowest BCUT2D eigenvalue weighted by molar-refractivity contribution is 0.223. The summed E-state index contributed by atoms with van der Waals surface area (Å²) < 4.78 is 2.02. The van der Waals surface area contributed by atoms with Crippen molar-refractivity contribution in [3.63, 3.8) is 0 Å². The molecule has 0 unspecified atom stereocenters. The Bertz CT molecular complexity index is 290. The molecule has 1 aliphatic heterocycles. The molecular weight excluding hydrogens is 190 g/mol. The summed E-state index contributed by atoms with van der Waals surface area (Å²) in [5.41, 5.74) is 0. The molecule has 5 nitrogen and oxygen atoms in total. The number of piperazine rings is 1. The van der Waals surface area contributed by atoms with Crippen molar-refractivity contribution in [1.82, 2.24) is 25.0 Å². The average Bonchev–Trinajstić information content (AvgIpc) is 2.68. The molecule has 1 aromatic heterocycles. The molecule has 0 aliphatic carbocycles. The first-order valence-electron chi connectivity index (χ1n) is 5.70. The Balaban J connectivity index is 1.93. The van der Waals surface area contributed by atoms with Crippen molar-refractivity contribution in [1.29, 1.82) is 0 Å². The highest BCUT2D eigenvalue weighted by Crippen LogP contribution is 2.03. The molecule has 84 valence electrons. The van der Waals surface area contributed by atoms with E-state index in [1.165, 1.54) is 0 Å². The molecule has 1 fully saturated rings. The molecule has 2 rings (SSSR count). The Morgan fingerprint density at radius 3 is 2.93 bits per heavy atom. The van der Waals surface area contributed by atoms with Gasteiger partial charge in [0.2, 0.25) is 0 Å². The second kappa shape index (κ2) is 5.23. The second-order valence-electron chi connectivity index (χ2n) is 3.93. The number of nitrogens with one attached hydrogen (secondary N) is 1. The van der Waals surface area contributed by atoms with E-state index in [4.69, 9.17) is 0 Å². The fourth-order valence-corrected chi connectivity index (χ4v) is 1.88. The first-order chi connectivity index (χ1) is 7.40. The van der Waals surface area contributed by atoms with E-state index in [1.54, 1.807) is 6.33 Å². The molecular formula is C10H19N5. The Labute approximate surface area is 90.5 Å². The van der Waals surface area contributed by atoms with Crippen LogP contribution >= 0.6 is 0 Å². The van der Waals surface area contributed by atoms with Crippen molar-refractivity contribution < 1.29 is 0 Å². The van der Waals surface area contributed by atoms with E-state index >= 15 is 0 Å². The number of aromatic nitrogens is 3.